The Labute approximate surface area is 215 Å². The maximum absolute atomic E-state index is 12.9. The van der Waals surface area contributed by atoms with E-state index < -0.39 is 5.97 Å². The molecule has 0 saturated carbocycles. The van der Waals surface area contributed by atoms with Crippen LogP contribution >= 0.6 is 0 Å². The molecule has 0 atom stereocenters. The smallest absolute Gasteiger partial charge is 0.343 e. The van der Waals surface area contributed by atoms with E-state index in [2.05, 4.69) is 10.2 Å². The van der Waals surface area contributed by atoms with Crippen LogP contribution in [0.4, 0.5) is 0 Å². The molecule has 198 valence electrons. The Balaban J connectivity index is 2.02. The van der Waals surface area contributed by atoms with Crippen molar-refractivity contribution in [1.29, 1.82) is 0 Å². The highest BCUT2D eigenvalue weighted by Crippen LogP contribution is 2.33. The third-order valence-corrected chi connectivity index (χ3v) is 5.17. The summed E-state index contributed by atoms with van der Waals surface area (Å²) >= 11 is 0. The number of esters is 1. The Kier molecular flexibility index (Phi) is 11.7. The van der Waals surface area contributed by atoms with E-state index in [-0.39, 0.29) is 24.7 Å². The molecule has 0 spiro atoms. The zero-order valence-electron chi connectivity index (χ0n) is 22.7. The summed E-state index contributed by atoms with van der Waals surface area (Å²) < 4.78 is 17.3. The SMILES string of the molecule is CCN(CCN(C)C)C(=O)CNCc1cccc(C(=O)Oc2ccc(OC(C)C)cc2OC(C)C)c1. The summed E-state index contributed by atoms with van der Waals surface area (Å²) in [5, 5.41) is 3.18. The van der Waals surface area contributed by atoms with Gasteiger partial charge in [-0.1, -0.05) is 12.1 Å². The van der Waals surface area contributed by atoms with Gasteiger partial charge in [0.2, 0.25) is 5.91 Å². The highest BCUT2D eigenvalue weighted by molar-refractivity contribution is 5.91. The summed E-state index contributed by atoms with van der Waals surface area (Å²) in [7, 11) is 3.98. The topological polar surface area (TPSA) is 80.3 Å². The molecule has 8 nitrogen and oxygen atoms in total. The Morgan fingerprint density at radius 2 is 1.64 bits per heavy atom. The molecule has 0 aliphatic heterocycles. The van der Waals surface area contributed by atoms with Gasteiger partial charge in [-0.3, -0.25) is 4.79 Å². The fourth-order valence-electron chi connectivity index (χ4n) is 3.44. The van der Waals surface area contributed by atoms with Crippen molar-refractivity contribution in [1.82, 2.24) is 15.1 Å². The van der Waals surface area contributed by atoms with Gasteiger partial charge in [0, 0.05) is 32.2 Å². The lowest BCUT2D eigenvalue weighted by atomic mass is 10.1. The fourth-order valence-corrected chi connectivity index (χ4v) is 3.44. The summed E-state index contributed by atoms with van der Waals surface area (Å²) in [4.78, 5) is 29.3. The van der Waals surface area contributed by atoms with E-state index in [4.69, 9.17) is 14.2 Å². The van der Waals surface area contributed by atoms with Gasteiger partial charge < -0.3 is 29.3 Å². The van der Waals surface area contributed by atoms with Gasteiger partial charge in [-0.05, 0) is 78.5 Å². The lowest BCUT2D eigenvalue weighted by Gasteiger charge is -2.23. The number of carbonyl (C=O) groups excluding carboxylic acids is 2. The van der Waals surface area contributed by atoms with E-state index in [1.807, 2.05) is 59.7 Å². The maximum Gasteiger partial charge on any atom is 0.343 e. The van der Waals surface area contributed by atoms with E-state index in [1.165, 1.54) is 0 Å². The Morgan fingerprint density at radius 3 is 2.28 bits per heavy atom. The Morgan fingerprint density at radius 1 is 0.917 bits per heavy atom. The zero-order chi connectivity index (χ0) is 26.7. The third kappa shape index (κ3) is 9.87. The van der Waals surface area contributed by atoms with Gasteiger partial charge in [0.15, 0.2) is 11.5 Å². The average Bonchev–Trinajstić information content (AvgIpc) is 2.80. The van der Waals surface area contributed by atoms with Crippen LogP contribution in [-0.2, 0) is 11.3 Å². The quantitative estimate of drug-likeness (QED) is 0.311. The lowest BCUT2D eigenvalue weighted by molar-refractivity contribution is -0.130. The molecular formula is C28H41N3O5. The number of nitrogens with zero attached hydrogens (tertiary/aromatic N) is 2. The van der Waals surface area contributed by atoms with Crippen molar-refractivity contribution in [3.8, 4) is 17.2 Å². The summed E-state index contributed by atoms with van der Waals surface area (Å²) in [6.45, 7) is 12.6. The normalized spacial score (nSPS) is 11.2. The molecule has 0 unspecified atom stereocenters. The summed E-state index contributed by atoms with van der Waals surface area (Å²) in [5.74, 6) is 0.989. The first-order valence-electron chi connectivity index (χ1n) is 12.5. The molecule has 0 radical (unpaired) electrons. The largest absolute Gasteiger partial charge is 0.491 e. The molecule has 0 aromatic heterocycles. The van der Waals surface area contributed by atoms with Crippen LogP contribution in [0.5, 0.6) is 17.2 Å². The monoisotopic (exact) mass is 499 g/mol. The van der Waals surface area contributed by atoms with Crippen LogP contribution in [0.25, 0.3) is 0 Å². The van der Waals surface area contributed by atoms with Crippen LogP contribution in [0.1, 0.15) is 50.5 Å². The second kappa shape index (κ2) is 14.5. The fraction of sp³-hybridized carbons (Fsp3) is 0.500. The van der Waals surface area contributed by atoms with Crippen molar-refractivity contribution >= 4 is 11.9 Å². The number of nitrogens with one attached hydrogen (secondary N) is 1. The van der Waals surface area contributed by atoms with E-state index in [9.17, 15) is 9.59 Å². The molecule has 0 aliphatic rings. The second-order valence-electron chi connectivity index (χ2n) is 9.41. The van der Waals surface area contributed by atoms with Gasteiger partial charge in [0.05, 0.1) is 24.3 Å². The highest BCUT2D eigenvalue weighted by Gasteiger charge is 2.16. The summed E-state index contributed by atoms with van der Waals surface area (Å²) in [5.41, 5.74) is 1.30. The second-order valence-corrected chi connectivity index (χ2v) is 9.41. The van der Waals surface area contributed by atoms with E-state index in [0.29, 0.717) is 42.4 Å². The highest BCUT2D eigenvalue weighted by atomic mass is 16.6. The molecule has 1 N–H and O–H groups in total. The van der Waals surface area contributed by atoms with Crippen LogP contribution in [0.2, 0.25) is 0 Å². The Hall–Kier alpha value is -3.10. The van der Waals surface area contributed by atoms with Crippen molar-refractivity contribution in [2.24, 2.45) is 0 Å². The van der Waals surface area contributed by atoms with Crippen LogP contribution in [0, 0.1) is 0 Å². The molecule has 0 saturated heterocycles. The summed E-state index contributed by atoms with van der Waals surface area (Å²) in [6, 6.07) is 12.3. The maximum atomic E-state index is 12.9. The van der Waals surface area contributed by atoms with Crippen molar-refractivity contribution in [2.45, 2.75) is 53.4 Å². The zero-order valence-corrected chi connectivity index (χ0v) is 22.7. The minimum absolute atomic E-state index is 0.0139. The van der Waals surface area contributed by atoms with Gasteiger partial charge in [-0.25, -0.2) is 4.79 Å². The average molecular weight is 500 g/mol. The van der Waals surface area contributed by atoms with Crippen LogP contribution in [0.15, 0.2) is 42.5 Å². The predicted molar refractivity (Wildman–Crippen MR) is 142 cm³/mol. The van der Waals surface area contributed by atoms with Crippen LogP contribution in [-0.4, -0.2) is 74.2 Å². The predicted octanol–water partition coefficient (Wildman–Crippen LogP) is 3.98. The first-order valence-corrected chi connectivity index (χ1v) is 12.5. The number of hydrogen-bond donors (Lipinski definition) is 1. The van der Waals surface area contributed by atoms with Gasteiger partial charge in [0.25, 0.3) is 0 Å². The molecular weight excluding hydrogens is 458 g/mol. The number of amides is 1. The van der Waals surface area contributed by atoms with Gasteiger partial charge >= 0.3 is 5.97 Å². The molecule has 2 aromatic carbocycles. The molecule has 0 fully saturated rings. The molecule has 2 aromatic rings. The first kappa shape index (κ1) is 29.1. The lowest BCUT2D eigenvalue weighted by Crippen LogP contribution is -2.41. The van der Waals surface area contributed by atoms with Crippen molar-refractivity contribution in [3.05, 3.63) is 53.6 Å². The number of carbonyl (C=O) groups is 2. The van der Waals surface area contributed by atoms with Gasteiger partial charge in [-0.15, -0.1) is 0 Å². The molecule has 0 heterocycles. The molecule has 1 amide bonds. The molecule has 0 aliphatic carbocycles. The van der Waals surface area contributed by atoms with Crippen molar-refractivity contribution in [3.63, 3.8) is 0 Å². The molecule has 8 heteroatoms. The Bertz CT molecular complexity index is 991. The van der Waals surface area contributed by atoms with Crippen molar-refractivity contribution < 1.29 is 23.8 Å². The number of rotatable bonds is 14. The van der Waals surface area contributed by atoms with Crippen LogP contribution < -0.4 is 19.5 Å². The number of benzene rings is 2. The summed E-state index contributed by atoms with van der Waals surface area (Å²) in [6.07, 6.45) is -0.0830. The number of likely N-dealkylation sites (N-methyl/N-ethyl adjacent to an activating group) is 2. The van der Waals surface area contributed by atoms with Crippen molar-refractivity contribution in [2.75, 3.05) is 40.3 Å². The van der Waals surface area contributed by atoms with E-state index in [1.54, 1.807) is 36.4 Å². The van der Waals surface area contributed by atoms with Gasteiger partial charge in [-0.2, -0.15) is 0 Å². The van der Waals surface area contributed by atoms with Gasteiger partial charge in [0.1, 0.15) is 5.75 Å². The minimum atomic E-state index is -0.486. The van der Waals surface area contributed by atoms with Crippen LogP contribution in [0.3, 0.4) is 0 Å². The number of hydrogen-bond acceptors (Lipinski definition) is 7. The standard InChI is InChI=1S/C28H41N3O5/c1-8-31(15-14-30(6)7)27(32)19-29-18-22-10-9-11-23(16-22)28(33)36-25-13-12-24(34-20(2)3)17-26(25)35-21(4)5/h9-13,16-17,20-21,29H,8,14-15,18-19H2,1-7H3. The minimum Gasteiger partial charge on any atom is -0.491 e. The number of ether oxygens (including phenoxy) is 3. The molecule has 0 bridgehead atoms. The van der Waals surface area contributed by atoms with E-state index in [0.717, 1.165) is 12.1 Å². The molecule has 2 rings (SSSR count). The van der Waals surface area contributed by atoms with E-state index >= 15 is 0 Å². The first-order chi connectivity index (χ1) is 17.1. The molecule has 36 heavy (non-hydrogen) atoms. The third-order valence-electron chi connectivity index (χ3n) is 5.17.